The normalized spacial score (nSPS) is 14.4. The molecule has 1 aliphatic rings. The Balaban J connectivity index is 1.76. The number of rotatable bonds is 6. The summed E-state index contributed by atoms with van der Waals surface area (Å²) in [4.78, 5) is 3.12. The van der Waals surface area contributed by atoms with Crippen LogP contribution in [-0.2, 0) is 6.54 Å². The van der Waals surface area contributed by atoms with E-state index in [0.29, 0.717) is 6.04 Å². The minimum Gasteiger partial charge on any atom is -0.353 e. The van der Waals surface area contributed by atoms with Gasteiger partial charge in [-0.25, -0.2) is 0 Å². The highest BCUT2D eigenvalue weighted by molar-refractivity contribution is 8.01. The zero-order valence-electron chi connectivity index (χ0n) is 12.0. The Bertz CT molecular complexity index is 625. The van der Waals surface area contributed by atoms with Crippen LogP contribution in [0.15, 0.2) is 27.4 Å². The van der Waals surface area contributed by atoms with E-state index in [1.807, 2.05) is 31.1 Å². The molecule has 0 amide bonds. The molecule has 0 bridgehead atoms. The van der Waals surface area contributed by atoms with Crippen LogP contribution in [0.4, 0.5) is 5.13 Å². The Morgan fingerprint density at radius 2 is 2.19 bits per heavy atom. The average molecular weight is 341 g/mol. The van der Waals surface area contributed by atoms with Gasteiger partial charge in [0.2, 0.25) is 5.13 Å². The maximum absolute atomic E-state index is 6.14. The van der Waals surface area contributed by atoms with Gasteiger partial charge in [-0.2, -0.15) is 0 Å². The van der Waals surface area contributed by atoms with E-state index in [2.05, 4.69) is 21.6 Å². The van der Waals surface area contributed by atoms with Gasteiger partial charge in [0.1, 0.15) is 0 Å². The quantitative estimate of drug-likeness (QED) is 0.869. The van der Waals surface area contributed by atoms with Crippen LogP contribution >= 0.6 is 34.7 Å². The summed E-state index contributed by atoms with van der Waals surface area (Å²) in [7, 11) is 3.94. The van der Waals surface area contributed by atoms with E-state index in [9.17, 15) is 0 Å². The molecule has 0 spiro atoms. The highest BCUT2D eigenvalue weighted by Crippen LogP contribution is 2.36. The second-order valence-electron chi connectivity index (χ2n) is 5.25. The predicted octanol–water partition coefficient (Wildman–Crippen LogP) is 3.66. The van der Waals surface area contributed by atoms with Crippen molar-refractivity contribution in [3.05, 3.63) is 28.8 Å². The molecule has 1 N–H and O–H groups in total. The van der Waals surface area contributed by atoms with Gasteiger partial charge < -0.3 is 10.2 Å². The molecule has 1 heterocycles. The zero-order valence-corrected chi connectivity index (χ0v) is 14.4. The third-order valence-corrected chi connectivity index (χ3v) is 5.64. The maximum atomic E-state index is 6.14. The molecule has 1 aromatic carbocycles. The molecule has 2 aromatic rings. The van der Waals surface area contributed by atoms with E-state index in [4.69, 9.17) is 11.6 Å². The van der Waals surface area contributed by atoms with Crippen LogP contribution in [0.1, 0.15) is 18.4 Å². The lowest BCUT2D eigenvalue weighted by Crippen LogP contribution is -2.15. The molecule has 4 nitrogen and oxygen atoms in total. The fourth-order valence-corrected chi connectivity index (χ4v) is 3.96. The van der Waals surface area contributed by atoms with E-state index in [1.165, 1.54) is 18.4 Å². The molecule has 0 aliphatic heterocycles. The summed E-state index contributed by atoms with van der Waals surface area (Å²) >= 11 is 9.36. The van der Waals surface area contributed by atoms with E-state index >= 15 is 0 Å². The van der Waals surface area contributed by atoms with Crippen LogP contribution in [0.5, 0.6) is 0 Å². The van der Waals surface area contributed by atoms with E-state index in [0.717, 1.165) is 25.9 Å². The topological polar surface area (TPSA) is 41.1 Å². The molecule has 1 aromatic heterocycles. The summed E-state index contributed by atoms with van der Waals surface area (Å²) in [6.45, 7) is 0.878. The molecule has 0 unspecified atom stereocenters. The lowest BCUT2D eigenvalue weighted by atomic mass is 10.2. The Morgan fingerprint density at radius 1 is 1.38 bits per heavy atom. The van der Waals surface area contributed by atoms with E-state index in [1.54, 1.807) is 23.1 Å². The second-order valence-corrected chi connectivity index (χ2v) is 7.94. The molecule has 0 radical (unpaired) electrons. The van der Waals surface area contributed by atoms with Crippen LogP contribution in [-0.4, -0.2) is 30.3 Å². The Hall–Kier alpha value is -0.820. The number of hydrogen-bond acceptors (Lipinski definition) is 6. The number of nitrogens with one attached hydrogen (secondary N) is 1. The summed E-state index contributed by atoms with van der Waals surface area (Å²) in [5, 5.41) is 13.6. The van der Waals surface area contributed by atoms with Gasteiger partial charge in [0.05, 0.1) is 0 Å². The molecule has 1 saturated carbocycles. The molecule has 3 rings (SSSR count). The number of benzene rings is 1. The third-order valence-electron chi connectivity index (χ3n) is 3.16. The van der Waals surface area contributed by atoms with Gasteiger partial charge in [-0.1, -0.05) is 40.8 Å². The first-order valence-electron chi connectivity index (χ1n) is 6.82. The molecule has 7 heteroatoms. The summed E-state index contributed by atoms with van der Waals surface area (Å²) in [5.74, 6) is 0. The van der Waals surface area contributed by atoms with Gasteiger partial charge in [-0.15, -0.1) is 10.2 Å². The van der Waals surface area contributed by atoms with Gasteiger partial charge in [-0.3, -0.25) is 0 Å². The lowest BCUT2D eigenvalue weighted by molar-refractivity contribution is 0.680. The van der Waals surface area contributed by atoms with Crippen molar-refractivity contribution in [3.8, 4) is 0 Å². The molecule has 0 atom stereocenters. The Morgan fingerprint density at radius 3 is 2.86 bits per heavy atom. The summed E-state index contributed by atoms with van der Waals surface area (Å²) in [6.07, 6.45) is 2.58. The smallest absolute Gasteiger partial charge is 0.208 e. The van der Waals surface area contributed by atoms with Crippen molar-refractivity contribution in [2.45, 2.75) is 34.7 Å². The van der Waals surface area contributed by atoms with E-state index < -0.39 is 0 Å². The third kappa shape index (κ3) is 4.10. The van der Waals surface area contributed by atoms with Crippen molar-refractivity contribution in [1.29, 1.82) is 0 Å². The summed E-state index contributed by atoms with van der Waals surface area (Å²) in [5.41, 5.74) is 1.26. The van der Waals surface area contributed by atoms with Crippen molar-refractivity contribution in [2.24, 2.45) is 0 Å². The first-order valence-corrected chi connectivity index (χ1v) is 8.83. The highest BCUT2D eigenvalue weighted by atomic mass is 35.5. The van der Waals surface area contributed by atoms with Gasteiger partial charge >= 0.3 is 0 Å². The predicted molar refractivity (Wildman–Crippen MR) is 89.7 cm³/mol. The molecule has 1 aliphatic carbocycles. The standard InChI is InChI=1S/C14H17ClN4S2/c1-19(2)13-17-18-14(21-13)20-12-7-10(15)4-3-9(12)8-16-11-5-6-11/h3-4,7,11,16H,5-6,8H2,1-2H3. The highest BCUT2D eigenvalue weighted by Gasteiger charge is 2.20. The fourth-order valence-electron chi connectivity index (χ4n) is 1.83. The number of aromatic nitrogens is 2. The van der Waals surface area contributed by atoms with Crippen LogP contribution < -0.4 is 10.2 Å². The molecule has 21 heavy (non-hydrogen) atoms. The molecule has 0 saturated heterocycles. The second kappa shape index (κ2) is 6.52. The molecular weight excluding hydrogens is 324 g/mol. The minimum absolute atomic E-state index is 0.695. The fraction of sp³-hybridized carbons (Fsp3) is 0.429. The number of nitrogens with zero attached hydrogens (tertiary/aromatic N) is 3. The molecule has 1 fully saturated rings. The van der Waals surface area contributed by atoms with E-state index in [-0.39, 0.29) is 0 Å². The summed E-state index contributed by atoms with van der Waals surface area (Å²) < 4.78 is 0.939. The monoisotopic (exact) mass is 340 g/mol. The van der Waals surface area contributed by atoms with Crippen molar-refractivity contribution in [1.82, 2.24) is 15.5 Å². The number of hydrogen-bond donors (Lipinski definition) is 1. The van der Waals surface area contributed by atoms with Gasteiger partial charge in [0.25, 0.3) is 0 Å². The van der Waals surface area contributed by atoms with Crippen LogP contribution in [0.2, 0.25) is 5.02 Å². The van der Waals surface area contributed by atoms with Crippen molar-refractivity contribution in [2.75, 3.05) is 19.0 Å². The minimum atomic E-state index is 0.695. The van der Waals surface area contributed by atoms with Gasteiger partial charge in [0, 0.05) is 36.6 Å². The first kappa shape index (κ1) is 15.1. The van der Waals surface area contributed by atoms with Gasteiger partial charge in [0.15, 0.2) is 4.34 Å². The lowest BCUT2D eigenvalue weighted by Gasteiger charge is -2.09. The van der Waals surface area contributed by atoms with Crippen molar-refractivity contribution < 1.29 is 0 Å². The maximum Gasteiger partial charge on any atom is 0.208 e. The van der Waals surface area contributed by atoms with Crippen LogP contribution in [0.25, 0.3) is 0 Å². The average Bonchev–Trinajstić information content (AvgIpc) is 3.15. The van der Waals surface area contributed by atoms with Crippen molar-refractivity contribution in [3.63, 3.8) is 0 Å². The Kier molecular flexibility index (Phi) is 4.69. The molecular formula is C14H17ClN4S2. The largest absolute Gasteiger partial charge is 0.353 e. The zero-order chi connectivity index (χ0) is 14.8. The van der Waals surface area contributed by atoms with Crippen LogP contribution in [0, 0.1) is 0 Å². The Labute approximate surface area is 137 Å². The van der Waals surface area contributed by atoms with Crippen molar-refractivity contribution >= 4 is 39.8 Å². The van der Waals surface area contributed by atoms with Crippen LogP contribution in [0.3, 0.4) is 0 Å². The molecule has 112 valence electrons. The summed E-state index contributed by atoms with van der Waals surface area (Å²) in [6, 6.07) is 6.74. The number of anilines is 1. The van der Waals surface area contributed by atoms with Gasteiger partial charge in [-0.05, 0) is 30.5 Å². The SMILES string of the molecule is CN(C)c1nnc(Sc2cc(Cl)ccc2CNC2CC2)s1. The number of halogens is 1. The first-order chi connectivity index (χ1) is 10.1.